The second kappa shape index (κ2) is 30.5. The van der Waals surface area contributed by atoms with E-state index < -0.39 is 5.41 Å². The van der Waals surface area contributed by atoms with Crippen molar-refractivity contribution in [3.05, 3.63) is 473 Å². The van der Waals surface area contributed by atoms with E-state index >= 15 is 0 Å². The fourth-order valence-electron chi connectivity index (χ4n) is 20.5. The van der Waals surface area contributed by atoms with E-state index in [-0.39, 0.29) is 10.8 Å². The molecule has 3 nitrogen and oxygen atoms in total. The molecule has 0 aromatic heterocycles. The molecule has 17 aromatic rings. The molecule has 0 saturated carbocycles. The Balaban J connectivity index is 0.630. The molecular formula is C118H96N2O. The summed E-state index contributed by atoms with van der Waals surface area (Å²) >= 11 is 0. The highest BCUT2D eigenvalue weighted by atomic mass is 16.5. The predicted octanol–water partition coefficient (Wildman–Crippen LogP) is 31.3. The van der Waals surface area contributed by atoms with E-state index in [1.54, 1.807) is 0 Å². The van der Waals surface area contributed by atoms with Crippen LogP contribution in [0.2, 0.25) is 0 Å². The molecule has 4 aliphatic carbocycles. The minimum Gasteiger partial charge on any atom is -0.489 e. The minimum atomic E-state index is -0.751. The lowest BCUT2D eigenvalue weighted by molar-refractivity contribution is 0.306. The lowest BCUT2D eigenvalue weighted by Crippen LogP contribution is -2.28. The average Bonchev–Trinajstić information content (AvgIpc) is 1.54. The lowest BCUT2D eigenvalue weighted by atomic mass is 9.67. The molecule has 0 radical (unpaired) electrons. The SMILES string of the molecule is CCC(CC(C)c1ccc(-c2ccc3c(c2)CC3)cc1)c1ccc(COc2ccc(C3(c4ccccc4)c4cc(-c5ccc(N(c6ccc(-c7ccccc7)cc6)c6ccc7c(c6)C(C)(C)c6ccccc6-7)cc5)ccc4-c4ccc(-c5ccc(N(c6ccc(-c7ccccc7)cc6)c6ccc7c(c6)C(C)(C)c6ccccc6-7)cc5)cc43)cc2)cc1. The Morgan fingerprint density at radius 2 is 0.628 bits per heavy atom. The van der Waals surface area contributed by atoms with E-state index in [9.17, 15) is 0 Å². The van der Waals surface area contributed by atoms with Crippen LogP contribution in [0.5, 0.6) is 5.75 Å². The first-order chi connectivity index (χ1) is 59.3. The highest BCUT2D eigenvalue weighted by Gasteiger charge is 2.47. The van der Waals surface area contributed by atoms with E-state index in [4.69, 9.17) is 4.74 Å². The Labute approximate surface area is 713 Å². The summed E-state index contributed by atoms with van der Waals surface area (Å²) in [5.41, 5.74) is 42.3. The molecule has 0 saturated heterocycles. The summed E-state index contributed by atoms with van der Waals surface area (Å²) in [5.74, 6) is 1.70. The minimum absolute atomic E-state index is 0.165. The summed E-state index contributed by atoms with van der Waals surface area (Å²) < 4.78 is 6.84. The van der Waals surface area contributed by atoms with Crippen molar-refractivity contribution in [3.63, 3.8) is 0 Å². The van der Waals surface area contributed by atoms with Crippen molar-refractivity contribution >= 4 is 34.1 Å². The normalized spacial score (nSPS) is 14.2. The molecule has 584 valence electrons. The molecular weight excluding hydrogens is 1460 g/mol. The van der Waals surface area contributed by atoms with Gasteiger partial charge in [0.25, 0.3) is 0 Å². The van der Waals surface area contributed by atoms with Crippen LogP contribution in [0, 0.1) is 0 Å². The van der Waals surface area contributed by atoms with Gasteiger partial charge in [-0.1, -0.05) is 345 Å². The van der Waals surface area contributed by atoms with Gasteiger partial charge in [-0.15, -0.1) is 0 Å². The smallest absolute Gasteiger partial charge is 0.119 e. The maximum Gasteiger partial charge on any atom is 0.119 e. The van der Waals surface area contributed by atoms with Crippen LogP contribution in [0.3, 0.4) is 0 Å². The van der Waals surface area contributed by atoms with Gasteiger partial charge in [-0.25, -0.2) is 0 Å². The van der Waals surface area contributed by atoms with Crippen LogP contribution in [0.1, 0.15) is 139 Å². The standard InChI is InChI=1S/C118H96N2O/c1-7-80(71-78(2)81-35-37-87(38-36-81)91-41-39-88-40-42-92(88)72-91)84-33-31-79(32-34-84)77-121-103-65-53-96(54-66-103)118(95-25-15-10-16-26-95)114-73-93(89-47-59-99(60-48-89)119(97-55-43-85(44-56-97)82-21-11-8-12-22-82)101-63-69-106-104-27-17-19-29-110(104)116(3,4)112(106)75-101)51-67-108(114)109-68-52-94(74-115(109)118)90-49-61-100(62-50-90)120(98-57-45-86(46-58-98)83-23-13-9-14-24-83)102-64-70-107-105-28-18-20-30-111(105)117(5,6)113(107)76-102/h8-39,41,43-70,72-76,78,80H,7,40,42,71,77H2,1-6H3. The summed E-state index contributed by atoms with van der Waals surface area (Å²) in [4.78, 5) is 4.86. The van der Waals surface area contributed by atoms with Gasteiger partial charge in [0.2, 0.25) is 0 Å². The zero-order valence-electron chi connectivity index (χ0n) is 69.6. The van der Waals surface area contributed by atoms with Crippen LogP contribution in [0.4, 0.5) is 34.1 Å². The molecule has 0 heterocycles. The Kier molecular flexibility index (Phi) is 18.8. The van der Waals surface area contributed by atoms with Crippen LogP contribution in [0.15, 0.2) is 400 Å². The van der Waals surface area contributed by atoms with E-state index in [2.05, 4.69) is 452 Å². The van der Waals surface area contributed by atoms with Crippen LogP contribution in [-0.4, -0.2) is 0 Å². The van der Waals surface area contributed by atoms with Gasteiger partial charge in [-0.05, 0) is 296 Å². The van der Waals surface area contributed by atoms with Crippen molar-refractivity contribution < 1.29 is 4.74 Å². The molecule has 0 N–H and O–H groups in total. The summed E-state index contributed by atoms with van der Waals surface area (Å²) in [6.45, 7) is 14.7. The summed E-state index contributed by atoms with van der Waals surface area (Å²) in [6, 6.07) is 150. The molecule has 121 heavy (non-hydrogen) atoms. The van der Waals surface area contributed by atoms with Crippen LogP contribution in [0.25, 0.3) is 89.0 Å². The summed E-state index contributed by atoms with van der Waals surface area (Å²) in [6.07, 6.45) is 4.58. The number of hydrogen-bond acceptors (Lipinski definition) is 3. The second-order valence-corrected chi connectivity index (χ2v) is 34.9. The molecule has 0 spiro atoms. The van der Waals surface area contributed by atoms with Gasteiger partial charge < -0.3 is 14.5 Å². The van der Waals surface area contributed by atoms with Gasteiger partial charge in [0, 0.05) is 45.0 Å². The second-order valence-electron chi connectivity index (χ2n) is 34.9. The van der Waals surface area contributed by atoms with Crippen molar-refractivity contribution in [2.24, 2.45) is 0 Å². The Morgan fingerprint density at radius 3 is 1.07 bits per heavy atom. The number of fused-ring (bicyclic) bond motifs is 10. The first-order valence-corrected chi connectivity index (χ1v) is 43.3. The van der Waals surface area contributed by atoms with Crippen molar-refractivity contribution in [1.82, 2.24) is 0 Å². The van der Waals surface area contributed by atoms with Gasteiger partial charge in [0.1, 0.15) is 12.4 Å². The first kappa shape index (κ1) is 74.7. The maximum absolute atomic E-state index is 6.84. The Hall–Kier alpha value is -13.9. The van der Waals surface area contributed by atoms with Gasteiger partial charge in [-0.2, -0.15) is 0 Å². The third-order valence-electron chi connectivity index (χ3n) is 27.3. The fraction of sp³-hybridized carbons (Fsp3) is 0.136. The zero-order valence-corrected chi connectivity index (χ0v) is 69.6. The Morgan fingerprint density at radius 1 is 0.281 bits per heavy atom. The van der Waals surface area contributed by atoms with Crippen molar-refractivity contribution in [2.75, 3.05) is 9.80 Å². The first-order valence-electron chi connectivity index (χ1n) is 43.3. The number of nitrogens with zero attached hydrogens (tertiary/aromatic N) is 2. The molecule has 3 heteroatoms. The predicted molar refractivity (Wildman–Crippen MR) is 506 cm³/mol. The fourth-order valence-corrected chi connectivity index (χ4v) is 20.5. The van der Waals surface area contributed by atoms with Crippen LogP contribution in [-0.2, 0) is 35.7 Å². The average molecular weight is 1560 g/mol. The summed E-state index contributed by atoms with van der Waals surface area (Å²) in [5, 5.41) is 0. The molecule has 2 atom stereocenters. The number of benzene rings is 17. The molecule has 0 amide bonds. The zero-order chi connectivity index (χ0) is 81.5. The number of rotatable bonds is 21. The molecule has 0 aliphatic heterocycles. The molecule has 21 rings (SSSR count). The van der Waals surface area contributed by atoms with E-state index in [1.807, 2.05) is 0 Å². The number of aryl methyl sites for hydroxylation is 2. The van der Waals surface area contributed by atoms with E-state index in [0.29, 0.717) is 18.4 Å². The molecule has 4 aliphatic rings. The summed E-state index contributed by atoms with van der Waals surface area (Å²) in [7, 11) is 0. The number of hydrogen-bond donors (Lipinski definition) is 0. The van der Waals surface area contributed by atoms with Gasteiger partial charge >= 0.3 is 0 Å². The third kappa shape index (κ3) is 13.2. The van der Waals surface area contributed by atoms with Crippen molar-refractivity contribution in [3.8, 4) is 94.8 Å². The molecule has 17 aromatic carbocycles. The highest BCUT2D eigenvalue weighted by molar-refractivity contribution is 5.93. The van der Waals surface area contributed by atoms with E-state index in [1.165, 1.54) is 146 Å². The van der Waals surface area contributed by atoms with Crippen molar-refractivity contribution in [1.29, 1.82) is 0 Å². The molecule has 0 fully saturated rings. The monoisotopic (exact) mass is 1560 g/mol. The quantitative estimate of drug-likeness (QED) is 0.0713. The third-order valence-corrected chi connectivity index (χ3v) is 27.3. The topological polar surface area (TPSA) is 15.7 Å². The van der Waals surface area contributed by atoms with Crippen LogP contribution < -0.4 is 14.5 Å². The highest BCUT2D eigenvalue weighted by Crippen LogP contribution is 2.59. The van der Waals surface area contributed by atoms with E-state index in [0.717, 1.165) is 80.5 Å². The van der Waals surface area contributed by atoms with Gasteiger partial charge in [0.05, 0.1) is 5.41 Å². The van der Waals surface area contributed by atoms with Crippen molar-refractivity contribution in [2.45, 2.75) is 102 Å². The molecule has 0 bridgehead atoms. The molecule has 2 unspecified atom stereocenters. The van der Waals surface area contributed by atoms with Crippen LogP contribution >= 0.6 is 0 Å². The van der Waals surface area contributed by atoms with Gasteiger partial charge in [-0.3, -0.25) is 0 Å². The number of ether oxygens (including phenoxy) is 1. The lowest BCUT2D eigenvalue weighted by Gasteiger charge is -2.34. The maximum atomic E-state index is 6.84. The Bertz CT molecular complexity index is 6440. The number of anilines is 6. The largest absolute Gasteiger partial charge is 0.489 e. The van der Waals surface area contributed by atoms with Gasteiger partial charge in [0.15, 0.2) is 0 Å².